The van der Waals surface area contributed by atoms with Crippen molar-refractivity contribution < 1.29 is 9.90 Å². The van der Waals surface area contributed by atoms with E-state index in [1.807, 2.05) is 32.2 Å². The summed E-state index contributed by atoms with van der Waals surface area (Å²) in [5.41, 5.74) is 0.895. The second-order valence-corrected chi connectivity index (χ2v) is 5.34. The Morgan fingerprint density at radius 2 is 2.28 bits per heavy atom. The molecule has 5 heteroatoms. The van der Waals surface area contributed by atoms with E-state index in [4.69, 9.17) is 0 Å². The fraction of sp³-hybridized carbons (Fsp3) is 0.538. The van der Waals surface area contributed by atoms with Gasteiger partial charge in [0, 0.05) is 23.7 Å². The van der Waals surface area contributed by atoms with Crippen molar-refractivity contribution >= 4 is 17.7 Å². The molecule has 18 heavy (non-hydrogen) atoms. The number of carbonyl (C=O) groups excluding carboxylic acids is 1. The molecule has 100 valence electrons. The van der Waals surface area contributed by atoms with Crippen molar-refractivity contribution in [1.29, 1.82) is 0 Å². The lowest BCUT2D eigenvalue weighted by Crippen LogP contribution is -2.42. The van der Waals surface area contributed by atoms with Crippen LogP contribution in [0.2, 0.25) is 0 Å². The van der Waals surface area contributed by atoms with Gasteiger partial charge in [-0.15, -0.1) is 0 Å². The standard InChI is InChI=1S/C13H20N2O2S/c1-9(11-5-4-6-14-7-11)13(17)15-10(2)12(8-16)18-3/h4-7,9-10,12,16H,8H2,1-3H3,(H,15,17). The van der Waals surface area contributed by atoms with E-state index in [0.717, 1.165) is 5.56 Å². The van der Waals surface area contributed by atoms with Gasteiger partial charge in [0.1, 0.15) is 0 Å². The molecule has 0 aliphatic carbocycles. The lowest BCUT2D eigenvalue weighted by Gasteiger charge is -2.23. The Labute approximate surface area is 112 Å². The van der Waals surface area contributed by atoms with Gasteiger partial charge in [-0.1, -0.05) is 6.07 Å². The molecule has 0 aliphatic rings. The highest BCUT2D eigenvalue weighted by atomic mass is 32.2. The van der Waals surface area contributed by atoms with Gasteiger partial charge in [0.2, 0.25) is 5.91 Å². The topological polar surface area (TPSA) is 62.2 Å². The Kier molecular flexibility index (Phi) is 6.15. The Morgan fingerprint density at radius 1 is 1.56 bits per heavy atom. The second kappa shape index (κ2) is 7.38. The van der Waals surface area contributed by atoms with Crippen molar-refractivity contribution in [2.45, 2.75) is 31.1 Å². The molecule has 0 aromatic carbocycles. The van der Waals surface area contributed by atoms with Crippen molar-refractivity contribution in [1.82, 2.24) is 10.3 Å². The minimum Gasteiger partial charge on any atom is -0.395 e. The van der Waals surface area contributed by atoms with Crippen molar-refractivity contribution in [3.8, 4) is 0 Å². The number of rotatable bonds is 6. The van der Waals surface area contributed by atoms with E-state index < -0.39 is 0 Å². The normalized spacial score (nSPS) is 15.8. The highest BCUT2D eigenvalue weighted by molar-refractivity contribution is 7.99. The molecule has 3 atom stereocenters. The van der Waals surface area contributed by atoms with Crippen molar-refractivity contribution in [2.75, 3.05) is 12.9 Å². The molecular weight excluding hydrogens is 248 g/mol. The van der Waals surface area contributed by atoms with E-state index in [1.54, 1.807) is 24.2 Å². The van der Waals surface area contributed by atoms with Crippen molar-refractivity contribution in [3.63, 3.8) is 0 Å². The molecule has 0 fully saturated rings. The lowest BCUT2D eigenvalue weighted by atomic mass is 10.0. The zero-order valence-electron chi connectivity index (χ0n) is 11.0. The number of hydrogen-bond donors (Lipinski definition) is 2. The van der Waals surface area contributed by atoms with Gasteiger partial charge in [0.05, 0.1) is 12.5 Å². The van der Waals surface area contributed by atoms with Gasteiger partial charge in [-0.05, 0) is 31.7 Å². The molecule has 0 radical (unpaired) electrons. The maximum atomic E-state index is 12.1. The first-order valence-corrected chi connectivity index (χ1v) is 7.22. The average Bonchev–Trinajstić information content (AvgIpc) is 2.40. The minimum atomic E-state index is -0.234. The second-order valence-electron chi connectivity index (χ2n) is 4.26. The van der Waals surface area contributed by atoms with Crippen LogP contribution in [-0.2, 0) is 4.79 Å². The van der Waals surface area contributed by atoms with Crippen LogP contribution in [0.4, 0.5) is 0 Å². The van der Waals surface area contributed by atoms with Crippen LogP contribution >= 0.6 is 11.8 Å². The molecule has 1 heterocycles. The summed E-state index contributed by atoms with van der Waals surface area (Å²) in [6, 6.07) is 3.65. The van der Waals surface area contributed by atoms with Gasteiger partial charge in [0.15, 0.2) is 0 Å². The number of amides is 1. The molecular formula is C13H20N2O2S. The Morgan fingerprint density at radius 3 is 2.78 bits per heavy atom. The van der Waals surface area contributed by atoms with Crippen LogP contribution in [0.15, 0.2) is 24.5 Å². The van der Waals surface area contributed by atoms with Crippen LogP contribution in [0.5, 0.6) is 0 Å². The third-order valence-electron chi connectivity index (χ3n) is 2.99. The molecule has 2 N–H and O–H groups in total. The Hall–Kier alpha value is -1.07. The molecule has 0 aliphatic heterocycles. The molecule has 3 unspecified atom stereocenters. The third-order valence-corrected chi connectivity index (χ3v) is 4.15. The summed E-state index contributed by atoms with van der Waals surface area (Å²) in [4.78, 5) is 16.1. The van der Waals surface area contributed by atoms with Gasteiger partial charge in [-0.2, -0.15) is 11.8 Å². The number of nitrogens with one attached hydrogen (secondary N) is 1. The number of aliphatic hydroxyl groups is 1. The maximum absolute atomic E-state index is 12.1. The van der Waals surface area contributed by atoms with Crippen LogP contribution in [0, 0.1) is 0 Å². The minimum absolute atomic E-state index is 0.0232. The number of hydrogen-bond acceptors (Lipinski definition) is 4. The first-order valence-electron chi connectivity index (χ1n) is 5.94. The molecule has 4 nitrogen and oxygen atoms in total. The van der Waals surface area contributed by atoms with Crippen molar-refractivity contribution in [2.24, 2.45) is 0 Å². The van der Waals surface area contributed by atoms with Gasteiger partial charge in [-0.25, -0.2) is 0 Å². The molecule has 1 amide bonds. The van der Waals surface area contributed by atoms with E-state index >= 15 is 0 Å². The summed E-state index contributed by atoms with van der Waals surface area (Å²) >= 11 is 1.55. The summed E-state index contributed by atoms with van der Waals surface area (Å²) in [7, 11) is 0. The molecule has 0 bridgehead atoms. The van der Waals surface area contributed by atoms with E-state index in [1.165, 1.54) is 0 Å². The SMILES string of the molecule is CSC(CO)C(C)NC(=O)C(C)c1cccnc1. The zero-order valence-corrected chi connectivity index (χ0v) is 11.8. The van der Waals surface area contributed by atoms with E-state index in [2.05, 4.69) is 10.3 Å². The van der Waals surface area contributed by atoms with Gasteiger partial charge in [0.25, 0.3) is 0 Å². The van der Waals surface area contributed by atoms with Gasteiger partial charge >= 0.3 is 0 Å². The molecule has 1 rings (SSSR count). The summed E-state index contributed by atoms with van der Waals surface area (Å²) in [5, 5.41) is 12.1. The average molecular weight is 268 g/mol. The summed E-state index contributed by atoms with van der Waals surface area (Å²) in [6.07, 6.45) is 5.31. The van der Waals surface area contributed by atoms with Crippen LogP contribution in [0.25, 0.3) is 0 Å². The van der Waals surface area contributed by atoms with E-state index in [9.17, 15) is 9.90 Å². The van der Waals surface area contributed by atoms with Crippen LogP contribution < -0.4 is 5.32 Å². The Bertz CT molecular complexity index is 369. The Balaban J connectivity index is 2.60. The third kappa shape index (κ3) is 3.99. The van der Waals surface area contributed by atoms with Gasteiger partial charge in [-0.3, -0.25) is 9.78 Å². The first-order chi connectivity index (χ1) is 8.60. The van der Waals surface area contributed by atoms with E-state index in [-0.39, 0.29) is 29.7 Å². The molecule has 1 aromatic heterocycles. The summed E-state index contributed by atoms with van der Waals surface area (Å²) in [5.74, 6) is -0.273. The zero-order chi connectivity index (χ0) is 13.5. The number of carbonyl (C=O) groups is 1. The fourth-order valence-electron chi connectivity index (χ4n) is 1.66. The van der Waals surface area contributed by atoms with E-state index in [0.29, 0.717) is 0 Å². The smallest absolute Gasteiger partial charge is 0.227 e. The van der Waals surface area contributed by atoms with Crippen LogP contribution in [-0.4, -0.2) is 40.2 Å². The lowest BCUT2D eigenvalue weighted by molar-refractivity contribution is -0.122. The number of pyridine rings is 1. The van der Waals surface area contributed by atoms with Crippen molar-refractivity contribution in [3.05, 3.63) is 30.1 Å². The fourth-order valence-corrected chi connectivity index (χ4v) is 2.29. The predicted octanol–water partition coefficient (Wildman–Crippen LogP) is 1.41. The van der Waals surface area contributed by atoms with Crippen LogP contribution in [0.3, 0.4) is 0 Å². The number of aliphatic hydroxyl groups excluding tert-OH is 1. The maximum Gasteiger partial charge on any atom is 0.227 e. The first kappa shape index (κ1) is 15.0. The van der Waals surface area contributed by atoms with Gasteiger partial charge < -0.3 is 10.4 Å². The number of aromatic nitrogens is 1. The molecule has 0 spiro atoms. The van der Waals surface area contributed by atoms with Crippen LogP contribution in [0.1, 0.15) is 25.3 Å². The monoisotopic (exact) mass is 268 g/mol. The quantitative estimate of drug-likeness (QED) is 0.819. The largest absolute Gasteiger partial charge is 0.395 e. The molecule has 0 saturated heterocycles. The summed E-state index contributed by atoms with van der Waals surface area (Å²) in [6.45, 7) is 3.82. The highest BCUT2D eigenvalue weighted by Gasteiger charge is 2.21. The molecule has 0 saturated carbocycles. The molecule has 1 aromatic rings. The number of thioether (sulfide) groups is 1. The highest BCUT2D eigenvalue weighted by Crippen LogP contribution is 2.15. The predicted molar refractivity (Wildman–Crippen MR) is 74.6 cm³/mol. The summed E-state index contributed by atoms with van der Waals surface area (Å²) < 4.78 is 0. The number of nitrogens with zero attached hydrogens (tertiary/aromatic N) is 1.